The third-order valence-corrected chi connectivity index (χ3v) is 6.11. The fraction of sp³-hybridized carbons (Fsp3) is 0.286. The van der Waals surface area contributed by atoms with Crippen LogP contribution >= 0.6 is 39.0 Å². The van der Waals surface area contributed by atoms with Gasteiger partial charge in [0.2, 0.25) is 0 Å². The fourth-order valence-electron chi connectivity index (χ4n) is 1.71. The lowest BCUT2D eigenvalue weighted by Gasteiger charge is -2.14. The van der Waals surface area contributed by atoms with Crippen LogP contribution in [0.2, 0.25) is 0 Å². The Bertz CT molecular complexity index is 536. The van der Waals surface area contributed by atoms with Crippen LogP contribution in [0.1, 0.15) is 21.3 Å². The van der Waals surface area contributed by atoms with Crippen molar-refractivity contribution in [3.05, 3.63) is 50.1 Å². The monoisotopic (exact) mass is 341 g/mol. The van der Waals surface area contributed by atoms with Crippen molar-refractivity contribution in [1.29, 1.82) is 0 Å². The van der Waals surface area contributed by atoms with E-state index >= 15 is 0 Å². The number of rotatable bonds is 4. The molecule has 4 heteroatoms. The van der Waals surface area contributed by atoms with Crippen LogP contribution in [0.25, 0.3) is 0 Å². The number of hydrogen-bond donors (Lipinski definition) is 1. The summed E-state index contributed by atoms with van der Waals surface area (Å²) >= 11 is 7.13. The number of thioether (sulfide) groups is 1. The average molecular weight is 342 g/mol. The number of thiophene rings is 1. The highest BCUT2D eigenvalue weighted by molar-refractivity contribution is 9.10. The van der Waals surface area contributed by atoms with Crippen LogP contribution in [0.4, 0.5) is 0 Å². The standard InChI is InChI=1S/C14H16BrNS2/c1-9-3-4-10(2)12(5-9)18-14(7-16)13-6-11(15)8-17-13/h3-6,8,14H,7,16H2,1-2H3. The molecule has 0 aliphatic carbocycles. The van der Waals surface area contributed by atoms with E-state index in [0.717, 1.165) is 4.47 Å². The molecule has 0 saturated carbocycles. The second-order valence-corrected chi connectivity index (χ2v) is 7.38. The van der Waals surface area contributed by atoms with Crippen LogP contribution in [-0.2, 0) is 0 Å². The smallest absolute Gasteiger partial charge is 0.0561 e. The Labute approximate surface area is 125 Å². The van der Waals surface area contributed by atoms with E-state index in [-0.39, 0.29) is 0 Å². The molecular formula is C14H16BrNS2. The number of halogens is 1. The van der Waals surface area contributed by atoms with Gasteiger partial charge in [-0.3, -0.25) is 0 Å². The van der Waals surface area contributed by atoms with Crippen molar-refractivity contribution in [1.82, 2.24) is 0 Å². The van der Waals surface area contributed by atoms with Gasteiger partial charge in [-0.1, -0.05) is 17.7 Å². The van der Waals surface area contributed by atoms with Crippen LogP contribution in [0.15, 0.2) is 39.0 Å². The Morgan fingerprint density at radius 3 is 2.72 bits per heavy atom. The second kappa shape index (κ2) is 6.24. The van der Waals surface area contributed by atoms with E-state index in [9.17, 15) is 0 Å². The molecule has 2 rings (SSSR count). The largest absolute Gasteiger partial charge is 0.329 e. The number of hydrogen-bond acceptors (Lipinski definition) is 3. The molecule has 0 spiro atoms. The first kappa shape index (κ1) is 14.1. The molecule has 0 saturated heterocycles. The minimum atomic E-state index is 0.335. The normalized spacial score (nSPS) is 12.7. The Balaban J connectivity index is 2.22. The molecule has 0 radical (unpaired) electrons. The predicted octanol–water partition coefficient (Wildman–Crippen LogP) is 4.92. The molecular weight excluding hydrogens is 326 g/mol. The first-order valence-corrected chi connectivity index (χ1v) is 8.33. The molecule has 96 valence electrons. The Morgan fingerprint density at radius 2 is 2.11 bits per heavy atom. The van der Waals surface area contributed by atoms with Crippen LogP contribution in [-0.4, -0.2) is 6.54 Å². The lowest BCUT2D eigenvalue weighted by atomic mass is 10.2. The molecule has 1 atom stereocenters. The van der Waals surface area contributed by atoms with Crippen LogP contribution < -0.4 is 5.73 Å². The maximum Gasteiger partial charge on any atom is 0.0561 e. The van der Waals surface area contributed by atoms with Gasteiger partial charge in [-0.25, -0.2) is 0 Å². The number of benzene rings is 1. The molecule has 18 heavy (non-hydrogen) atoms. The van der Waals surface area contributed by atoms with Crippen molar-refractivity contribution >= 4 is 39.0 Å². The summed E-state index contributed by atoms with van der Waals surface area (Å²) in [5, 5.41) is 2.45. The first-order valence-electron chi connectivity index (χ1n) is 5.78. The Kier molecular flexibility index (Phi) is 4.90. The average Bonchev–Trinajstić information content (AvgIpc) is 2.77. The van der Waals surface area contributed by atoms with Gasteiger partial charge in [0.15, 0.2) is 0 Å². The minimum absolute atomic E-state index is 0.335. The van der Waals surface area contributed by atoms with Crippen molar-refractivity contribution in [2.24, 2.45) is 5.73 Å². The maximum absolute atomic E-state index is 5.92. The molecule has 1 heterocycles. The molecule has 1 nitrogen and oxygen atoms in total. The highest BCUT2D eigenvalue weighted by atomic mass is 79.9. The zero-order valence-corrected chi connectivity index (χ0v) is 13.7. The summed E-state index contributed by atoms with van der Waals surface area (Å²) in [5.41, 5.74) is 8.54. The topological polar surface area (TPSA) is 26.0 Å². The predicted molar refractivity (Wildman–Crippen MR) is 85.6 cm³/mol. The highest BCUT2D eigenvalue weighted by Gasteiger charge is 2.14. The SMILES string of the molecule is Cc1ccc(C)c(SC(CN)c2cc(Br)cs2)c1. The van der Waals surface area contributed by atoms with Crippen LogP contribution in [0.5, 0.6) is 0 Å². The third-order valence-electron chi connectivity index (χ3n) is 2.73. The summed E-state index contributed by atoms with van der Waals surface area (Å²) in [6, 6.07) is 8.74. The summed E-state index contributed by atoms with van der Waals surface area (Å²) < 4.78 is 1.14. The van der Waals surface area contributed by atoms with Crippen LogP contribution in [0, 0.1) is 13.8 Å². The molecule has 0 amide bonds. The van der Waals surface area contributed by atoms with Gasteiger partial charge in [0.05, 0.1) is 5.25 Å². The first-order chi connectivity index (χ1) is 8.60. The number of nitrogens with two attached hydrogens (primary N) is 1. The van der Waals surface area contributed by atoms with Gasteiger partial charge in [0.1, 0.15) is 0 Å². The van der Waals surface area contributed by atoms with Gasteiger partial charge < -0.3 is 5.73 Å². The zero-order chi connectivity index (χ0) is 13.1. The summed E-state index contributed by atoms with van der Waals surface area (Å²) in [6.07, 6.45) is 0. The molecule has 1 unspecified atom stereocenters. The molecule has 0 aliphatic heterocycles. The van der Waals surface area contributed by atoms with Gasteiger partial charge in [-0.2, -0.15) is 0 Å². The molecule has 0 bridgehead atoms. The quantitative estimate of drug-likeness (QED) is 0.798. The summed E-state index contributed by atoms with van der Waals surface area (Å²) in [4.78, 5) is 2.66. The van der Waals surface area contributed by atoms with E-state index in [4.69, 9.17) is 5.73 Å². The van der Waals surface area contributed by atoms with Crippen LogP contribution in [0.3, 0.4) is 0 Å². The molecule has 2 aromatic rings. The molecule has 1 aromatic heterocycles. The number of aryl methyl sites for hydroxylation is 2. The van der Waals surface area contributed by atoms with E-state index in [1.54, 1.807) is 11.3 Å². The third kappa shape index (κ3) is 3.38. The van der Waals surface area contributed by atoms with Crippen molar-refractivity contribution < 1.29 is 0 Å². The van der Waals surface area contributed by atoms with Gasteiger partial charge >= 0.3 is 0 Å². The van der Waals surface area contributed by atoms with E-state index in [1.165, 1.54) is 20.9 Å². The zero-order valence-electron chi connectivity index (χ0n) is 10.4. The van der Waals surface area contributed by atoms with Gasteiger partial charge in [-0.15, -0.1) is 23.1 Å². The fourth-order valence-corrected chi connectivity index (χ4v) is 4.55. The molecule has 1 aromatic carbocycles. The van der Waals surface area contributed by atoms with Gasteiger partial charge in [0, 0.05) is 26.2 Å². The van der Waals surface area contributed by atoms with Crippen molar-refractivity contribution in [3.63, 3.8) is 0 Å². The highest BCUT2D eigenvalue weighted by Crippen LogP contribution is 2.39. The summed E-state index contributed by atoms with van der Waals surface area (Å²) in [5.74, 6) is 0. The minimum Gasteiger partial charge on any atom is -0.329 e. The van der Waals surface area contributed by atoms with E-state index in [0.29, 0.717) is 11.8 Å². The lowest BCUT2D eigenvalue weighted by molar-refractivity contribution is 0.958. The van der Waals surface area contributed by atoms with Crippen molar-refractivity contribution in [3.8, 4) is 0 Å². The van der Waals surface area contributed by atoms with E-state index < -0.39 is 0 Å². The van der Waals surface area contributed by atoms with Gasteiger partial charge in [0.25, 0.3) is 0 Å². The summed E-state index contributed by atoms with van der Waals surface area (Å²) in [7, 11) is 0. The van der Waals surface area contributed by atoms with Crippen molar-refractivity contribution in [2.45, 2.75) is 24.0 Å². The molecule has 2 N–H and O–H groups in total. The Hall–Kier alpha value is -0.290. The maximum atomic E-state index is 5.92. The lowest BCUT2D eigenvalue weighted by Crippen LogP contribution is -2.08. The Morgan fingerprint density at radius 1 is 1.33 bits per heavy atom. The second-order valence-electron chi connectivity index (χ2n) is 4.28. The van der Waals surface area contributed by atoms with Gasteiger partial charge in [-0.05, 0) is 47.5 Å². The van der Waals surface area contributed by atoms with Crippen molar-refractivity contribution in [2.75, 3.05) is 6.54 Å². The molecule has 0 fully saturated rings. The van der Waals surface area contributed by atoms with E-state index in [2.05, 4.69) is 59.4 Å². The summed E-state index contributed by atoms with van der Waals surface area (Å²) in [6.45, 7) is 4.94. The molecule has 0 aliphatic rings. The van der Waals surface area contributed by atoms with E-state index in [1.807, 2.05) is 11.8 Å².